The monoisotopic (exact) mass is 601 g/mol. The van der Waals surface area contributed by atoms with E-state index in [2.05, 4.69) is 4.98 Å². The van der Waals surface area contributed by atoms with Crippen molar-refractivity contribution in [3.63, 3.8) is 0 Å². The second-order valence-electron chi connectivity index (χ2n) is 10.5. The highest BCUT2D eigenvalue weighted by Crippen LogP contribution is 2.37. The summed E-state index contributed by atoms with van der Waals surface area (Å²) in [4.78, 5) is 24.7. The molecule has 0 N–H and O–H groups in total. The number of hydrogen-bond acceptors (Lipinski definition) is 7. The normalized spacial score (nSPS) is 15.3. The van der Waals surface area contributed by atoms with Crippen LogP contribution in [-0.2, 0) is 9.31 Å². The van der Waals surface area contributed by atoms with Crippen molar-refractivity contribution in [1.29, 1.82) is 0 Å². The molecule has 1 aliphatic rings. The van der Waals surface area contributed by atoms with Crippen molar-refractivity contribution in [2.75, 3.05) is 0 Å². The molecule has 1 fully saturated rings. The number of nitrogens with zero attached hydrogens (tertiary/aromatic N) is 3. The Kier molecular flexibility index (Phi) is 8.32. The molecule has 0 unspecified atom stereocenters. The van der Waals surface area contributed by atoms with Crippen LogP contribution in [0.1, 0.15) is 33.3 Å². The molecule has 1 saturated heterocycles. The number of halogens is 4. The van der Waals surface area contributed by atoms with Gasteiger partial charge in [-0.15, -0.1) is 0 Å². The molecular formula is C28H24BClF3N3O6. The van der Waals surface area contributed by atoms with Gasteiger partial charge in [-0.1, -0.05) is 11.6 Å². The van der Waals surface area contributed by atoms with E-state index in [0.29, 0.717) is 16.0 Å². The fourth-order valence-corrected chi connectivity index (χ4v) is 4.41. The predicted molar refractivity (Wildman–Crippen MR) is 152 cm³/mol. The Hall–Kier alpha value is -4.07. The van der Waals surface area contributed by atoms with Crippen LogP contribution in [0.15, 0.2) is 54.6 Å². The lowest BCUT2D eigenvalue weighted by molar-refractivity contribution is -0.385. The lowest BCUT2D eigenvalue weighted by atomic mass is 9.78. The standard InChI is InChI=1S/C16H9ClF2N2O2.C12H15BFNO4/c1-8-15(17)11-4-2-9(18)6-14(11)20-16(8)12-7-10(21(22)23)3-5-13(12)19;1-11(2)12(3,4)19-13(18-11)9-7-8(15(16)17)5-6-10(9)14/h2-7H,1H3;5-7H,1-4H3. The van der Waals surface area contributed by atoms with Gasteiger partial charge in [0.1, 0.15) is 17.5 Å². The van der Waals surface area contributed by atoms with Gasteiger partial charge in [-0.05, 0) is 64.4 Å². The SMILES string of the molecule is CC1(C)OB(c2cc([N+](=O)[O-])ccc2F)OC1(C)C.Cc1c(-c2cc([N+](=O)[O-])ccc2F)nc2cc(F)ccc2c1Cl. The molecule has 1 aliphatic heterocycles. The largest absolute Gasteiger partial charge is 0.498 e. The number of hydrogen-bond donors (Lipinski definition) is 0. The van der Waals surface area contributed by atoms with Crippen molar-refractivity contribution >= 4 is 46.5 Å². The second-order valence-corrected chi connectivity index (χ2v) is 10.9. The molecule has 0 aliphatic carbocycles. The number of pyridine rings is 1. The fourth-order valence-electron chi connectivity index (χ4n) is 4.16. The predicted octanol–water partition coefficient (Wildman–Crippen LogP) is 7.08. The number of fused-ring (bicyclic) bond motifs is 1. The molecule has 14 heteroatoms. The van der Waals surface area contributed by atoms with Crippen molar-refractivity contribution in [1.82, 2.24) is 4.98 Å². The maximum Gasteiger partial charge on any atom is 0.498 e. The maximum absolute atomic E-state index is 14.1. The maximum atomic E-state index is 14.1. The number of non-ortho nitro benzene ring substituents is 2. The van der Waals surface area contributed by atoms with E-state index in [1.54, 1.807) is 6.92 Å². The Morgan fingerprint density at radius 3 is 1.95 bits per heavy atom. The first-order valence-electron chi connectivity index (χ1n) is 12.5. The van der Waals surface area contributed by atoms with Gasteiger partial charge in [-0.25, -0.2) is 18.2 Å². The van der Waals surface area contributed by atoms with Crippen LogP contribution in [0.2, 0.25) is 5.02 Å². The van der Waals surface area contributed by atoms with E-state index in [4.69, 9.17) is 20.9 Å². The van der Waals surface area contributed by atoms with Gasteiger partial charge in [-0.2, -0.15) is 0 Å². The summed E-state index contributed by atoms with van der Waals surface area (Å²) >= 11 is 6.27. The Bertz CT molecular complexity index is 1720. The number of nitro groups is 2. The fraction of sp³-hybridized carbons (Fsp3) is 0.250. The molecule has 0 bridgehead atoms. The van der Waals surface area contributed by atoms with Crippen LogP contribution in [0.25, 0.3) is 22.2 Å². The molecule has 0 radical (unpaired) electrons. The number of rotatable bonds is 4. The Labute approximate surface area is 243 Å². The lowest BCUT2D eigenvalue weighted by Gasteiger charge is -2.32. The van der Waals surface area contributed by atoms with Crippen LogP contribution in [0.4, 0.5) is 24.5 Å². The summed E-state index contributed by atoms with van der Waals surface area (Å²) < 4.78 is 52.7. The molecule has 2 heterocycles. The van der Waals surface area contributed by atoms with E-state index >= 15 is 0 Å². The Balaban J connectivity index is 0.000000197. The molecule has 218 valence electrons. The highest BCUT2D eigenvalue weighted by atomic mass is 35.5. The van der Waals surface area contributed by atoms with Crippen LogP contribution in [0, 0.1) is 44.6 Å². The average Bonchev–Trinajstić information content (AvgIpc) is 3.13. The molecule has 5 rings (SSSR count). The van der Waals surface area contributed by atoms with Crippen LogP contribution in [0.3, 0.4) is 0 Å². The Morgan fingerprint density at radius 2 is 1.38 bits per heavy atom. The lowest BCUT2D eigenvalue weighted by Crippen LogP contribution is -2.41. The minimum atomic E-state index is -0.940. The van der Waals surface area contributed by atoms with Crippen LogP contribution in [-0.4, -0.2) is 33.2 Å². The molecule has 42 heavy (non-hydrogen) atoms. The molecular weight excluding hydrogens is 578 g/mol. The zero-order valence-electron chi connectivity index (χ0n) is 23.1. The topological polar surface area (TPSA) is 118 Å². The number of benzene rings is 3. The molecule has 9 nitrogen and oxygen atoms in total. The zero-order chi connectivity index (χ0) is 31.1. The summed E-state index contributed by atoms with van der Waals surface area (Å²) in [5.41, 5.74) is -0.827. The second kappa shape index (κ2) is 11.3. The summed E-state index contributed by atoms with van der Waals surface area (Å²) in [6, 6.07) is 10.4. The van der Waals surface area contributed by atoms with Gasteiger partial charge in [0, 0.05) is 46.7 Å². The zero-order valence-corrected chi connectivity index (χ0v) is 23.8. The highest BCUT2D eigenvalue weighted by Gasteiger charge is 2.52. The smallest absolute Gasteiger partial charge is 0.399 e. The van der Waals surface area contributed by atoms with Gasteiger partial charge in [0.15, 0.2) is 0 Å². The van der Waals surface area contributed by atoms with Crippen molar-refractivity contribution < 1.29 is 32.3 Å². The first-order valence-corrected chi connectivity index (χ1v) is 12.9. The first-order chi connectivity index (χ1) is 19.5. The molecule has 4 aromatic rings. The molecule has 3 aromatic carbocycles. The number of aromatic nitrogens is 1. The highest BCUT2D eigenvalue weighted by molar-refractivity contribution is 6.62. The first kappa shape index (κ1) is 30.9. The van der Waals surface area contributed by atoms with Gasteiger partial charge in [0.05, 0.1) is 37.3 Å². The summed E-state index contributed by atoms with van der Waals surface area (Å²) in [5.74, 6) is -1.75. The van der Waals surface area contributed by atoms with E-state index in [1.807, 2.05) is 27.7 Å². The summed E-state index contributed by atoms with van der Waals surface area (Å²) in [6.07, 6.45) is 0. The molecule has 0 amide bonds. The molecule has 0 atom stereocenters. The third-order valence-corrected chi connectivity index (χ3v) is 7.71. The molecule has 1 aromatic heterocycles. The van der Waals surface area contributed by atoms with E-state index in [1.165, 1.54) is 18.2 Å². The average molecular weight is 602 g/mol. The third kappa shape index (κ3) is 5.94. The molecule has 0 saturated carbocycles. The van der Waals surface area contributed by atoms with Crippen molar-refractivity contribution in [3.8, 4) is 11.3 Å². The van der Waals surface area contributed by atoms with Crippen molar-refractivity contribution in [2.45, 2.75) is 45.8 Å². The van der Waals surface area contributed by atoms with Gasteiger partial charge in [0.2, 0.25) is 0 Å². The van der Waals surface area contributed by atoms with Gasteiger partial charge >= 0.3 is 7.12 Å². The summed E-state index contributed by atoms with van der Waals surface area (Å²) in [5, 5.41) is 22.5. The minimum Gasteiger partial charge on any atom is -0.399 e. The van der Waals surface area contributed by atoms with E-state index < -0.39 is 45.6 Å². The Morgan fingerprint density at radius 1 is 0.833 bits per heavy atom. The number of nitro benzene ring substituents is 2. The van der Waals surface area contributed by atoms with E-state index in [-0.39, 0.29) is 33.6 Å². The van der Waals surface area contributed by atoms with Crippen molar-refractivity contribution in [3.05, 3.63) is 103 Å². The third-order valence-electron chi connectivity index (χ3n) is 7.23. The van der Waals surface area contributed by atoms with Crippen LogP contribution < -0.4 is 5.46 Å². The minimum absolute atomic E-state index is 0.0489. The quantitative estimate of drug-likeness (QED) is 0.139. The summed E-state index contributed by atoms with van der Waals surface area (Å²) in [6.45, 7) is 8.97. The van der Waals surface area contributed by atoms with Gasteiger partial charge in [-0.3, -0.25) is 20.2 Å². The van der Waals surface area contributed by atoms with E-state index in [0.717, 1.165) is 36.4 Å². The molecule has 0 spiro atoms. The van der Waals surface area contributed by atoms with Gasteiger partial charge in [0.25, 0.3) is 11.4 Å². The van der Waals surface area contributed by atoms with Crippen LogP contribution >= 0.6 is 11.6 Å². The van der Waals surface area contributed by atoms with Crippen molar-refractivity contribution in [2.24, 2.45) is 0 Å². The van der Waals surface area contributed by atoms with Gasteiger partial charge < -0.3 is 9.31 Å². The summed E-state index contributed by atoms with van der Waals surface area (Å²) in [7, 11) is -0.940. The van der Waals surface area contributed by atoms with E-state index in [9.17, 15) is 33.4 Å². The van der Waals surface area contributed by atoms with Crippen LogP contribution in [0.5, 0.6) is 0 Å².